The largest absolute Gasteiger partial charge is 0.444 e. The first-order chi connectivity index (χ1) is 18.3. The number of fused-ring (bicyclic) bond motifs is 1. The van der Waals surface area contributed by atoms with Crippen molar-refractivity contribution in [3.63, 3.8) is 0 Å². The van der Waals surface area contributed by atoms with Gasteiger partial charge in [0.15, 0.2) is 0 Å². The SMILES string of the molecule is CC(C)(C)OC(=O)N1CC[C@@H](c2ccccc2)[C@@H](C(=O)N(C(=O)OC(C)(C)C)c2cccc3cccnc23)C1. The lowest BCUT2D eigenvalue weighted by Gasteiger charge is -2.40. The number of anilines is 1. The molecule has 0 unspecified atom stereocenters. The van der Waals surface area contributed by atoms with E-state index < -0.39 is 35.2 Å². The number of hydrogen-bond donors (Lipinski definition) is 0. The van der Waals surface area contributed by atoms with Crippen molar-refractivity contribution < 1.29 is 23.9 Å². The van der Waals surface area contributed by atoms with Crippen molar-refractivity contribution in [2.75, 3.05) is 18.0 Å². The van der Waals surface area contributed by atoms with Gasteiger partial charge in [0.25, 0.3) is 0 Å². The maximum atomic E-state index is 14.5. The lowest BCUT2D eigenvalue weighted by molar-refractivity contribution is -0.124. The number of aromatic nitrogens is 1. The van der Waals surface area contributed by atoms with Crippen molar-refractivity contribution >= 4 is 34.7 Å². The van der Waals surface area contributed by atoms with Crippen LogP contribution in [0.3, 0.4) is 0 Å². The normalized spacial score (nSPS) is 17.9. The van der Waals surface area contributed by atoms with Gasteiger partial charge in [-0.1, -0.05) is 48.5 Å². The van der Waals surface area contributed by atoms with Gasteiger partial charge < -0.3 is 14.4 Å². The van der Waals surface area contributed by atoms with Gasteiger partial charge in [0.05, 0.1) is 17.1 Å². The van der Waals surface area contributed by atoms with Crippen molar-refractivity contribution in [2.24, 2.45) is 5.92 Å². The summed E-state index contributed by atoms with van der Waals surface area (Å²) in [5.74, 6) is -1.39. The number of para-hydroxylation sites is 1. The molecule has 0 N–H and O–H groups in total. The zero-order chi connectivity index (χ0) is 28.4. The van der Waals surface area contributed by atoms with Crippen LogP contribution in [0.4, 0.5) is 15.3 Å². The maximum Gasteiger partial charge on any atom is 0.421 e. The van der Waals surface area contributed by atoms with Gasteiger partial charge in [0, 0.05) is 24.7 Å². The lowest BCUT2D eigenvalue weighted by Crippen LogP contribution is -2.52. The molecule has 3 aromatic rings. The molecule has 8 nitrogen and oxygen atoms in total. The first-order valence-corrected chi connectivity index (χ1v) is 13.3. The fourth-order valence-electron chi connectivity index (χ4n) is 4.84. The summed E-state index contributed by atoms with van der Waals surface area (Å²) in [6.07, 6.45) is 0.894. The van der Waals surface area contributed by atoms with Crippen LogP contribution in [0.25, 0.3) is 10.9 Å². The molecule has 2 aromatic carbocycles. The Labute approximate surface area is 229 Å². The Balaban J connectivity index is 1.79. The molecule has 39 heavy (non-hydrogen) atoms. The topological polar surface area (TPSA) is 89.0 Å². The predicted molar refractivity (Wildman–Crippen MR) is 151 cm³/mol. The van der Waals surface area contributed by atoms with Crippen molar-refractivity contribution in [1.29, 1.82) is 0 Å². The molecule has 8 heteroatoms. The highest BCUT2D eigenvalue weighted by atomic mass is 16.6. The summed E-state index contributed by atoms with van der Waals surface area (Å²) < 4.78 is 11.4. The molecule has 0 radical (unpaired) electrons. The standard InChI is InChI=1S/C31H37N3O5/c1-30(2,3)38-28(36)33-19-17-23(21-12-8-7-9-13-21)24(20-33)27(35)34(29(37)39-31(4,5)6)25-16-10-14-22-15-11-18-32-26(22)25/h7-16,18,23-24H,17,19-20H2,1-6H3/t23-,24-/m0/s1. The van der Waals surface area contributed by atoms with Crippen LogP contribution in [-0.4, -0.2) is 52.3 Å². The fourth-order valence-corrected chi connectivity index (χ4v) is 4.84. The second kappa shape index (κ2) is 11.0. The van der Waals surface area contributed by atoms with Crippen LogP contribution < -0.4 is 4.90 Å². The molecule has 0 bridgehead atoms. The van der Waals surface area contributed by atoms with E-state index in [4.69, 9.17) is 9.47 Å². The highest BCUT2D eigenvalue weighted by Crippen LogP contribution is 2.37. The summed E-state index contributed by atoms with van der Waals surface area (Å²) in [4.78, 5) is 48.4. The summed E-state index contributed by atoms with van der Waals surface area (Å²) in [5, 5.41) is 0.787. The number of likely N-dealkylation sites (tertiary alicyclic amines) is 1. The van der Waals surface area contributed by atoms with E-state index in [1.54, 1.807) is 50.1 Å². The monoisotopic (exact) mass is 531 g/mol. The zero-order valence-corrected chi connectivity index (χ0v) is 23.5. The smallest absolute Gasteiger partial charge is 0.421 e. The van der Waals surface area contributed by atoms with Gasteiger partial charge in [0.1, 0.15) is 11.2 Å². The van der Waals surface area contributed by atoms with Gasteiger partial charge in [-0.15, -0.1) is 0 Å². The van der Waals surface area contributed by atoms with Crippen molar-refractivity contribution in [2.45, 2.75) is 65.1 Å². The number of carbonyl (C=O) groups is 3. The van der Waals surface area contributed by atoms with Gasteiger partial charge in [-0.3, -0.25) is 9.78 Å². The molecule has 1 aliphatic heterocycles. The van der Waals surface area contributed by atoms with Crippen LogP contribution in [0.5, 0.6) is 0 Å². The first kappa shape index (κ1) is 28.1. The number of pyridine rings is 1. The highest BCUT2D eigenvalue weighted by Gasteiger charge is 2.43. The number of imide groups is 1. The van der Waals surface area contributed by atoms with Crippen LogP contribution >= 0.6 is 0 Å². The van der Waals surface area contributed by atoms with Crippen LogP contribution in [0.1, 0.15) is 59.4 Å². The zero-order valence-electron chi connectivity index (χ0n) is 23.5. The molecule has 206 valence electrons. The third kappa shape index (κ3) is 6.74. The molecular weight excluding hydrogens is 494 g/mol. The number of nitrogens with zero attached hydrogens (tertiary/aromatic N) is 3. The van der Waals surface area contributed by atoms with Crippen LogP contribution in [0.15, 0.2) is 66.9 Å². The van der Waals surface area contributed by atoms with Crippen molar-refractivity contribution in [1.82, 2.24) is 9.88 Å². The van der Waals surface area contributed by atoms with Gasteiger partial charge >= 0.3 is 12.2 Å². The van der Waals surface area contributed by atoms with Gasteiger partial charge in [0.2, 0.25) is 5.91 Å². The second-order valence-electron chi connectivity index (χ2n) is 11.8. The minimum atomic E-state index is -0.832. The third-order valence-electron chi connectivity index (χ3n) is 6.46. The fraction of sp³-hybridized carbons (Fsp3) is 0.419. The lowest BCUT2D eigenvalue weighted by atomic mass is 9.79. The Morgan fingerprint density at radius 1 is 0.872 bits per heavy atom. The Hall–Kier alpha value is -3.94. The van der Waals surface area contributed by atoms with Crippen LogP contribution in [-0.2, 0) is 14.3 Å². The summed E-state index contributed by atoms with van der Waals surface area (Å²) in [7, 11) is 0. The number of amides is 3. The molecule has 1 saturated heterocycles. The molecule has 4 rings (SSSR count). The second-order valence-corrected chi connectivity index (χ2v) is 11.8. The van der Waals surface area contributed by atoms with Crippen molar-refractivity contribution in [3.05, 3.63) is 72.4 Å². The minimum absolute atomic E-state index is 0.102. The average Bonchev–Trinajstić information content (AvgIpc) is 2.87. The van der Waals surface area contributed by atoms with E-state index in [1.165, 1.54) is 0 Å². The van der Waals surface area contributed by atoms with Gasteiger partial charge in [-0.2, -0.15) is 0 Å². The van der Waals surface area contributed by atoms with Crippen LogP contribution in [0, 0.1) is 5.92 Å². The molecule has 2 atom stereocenters. The first-order valence-electron chi connectivity index (χ1n) is 13.3. The molecule has 0 saturated carbocycles. The number of rotatable bonds is 3. The van der Waals surface area contributed by atoms with E-state index in [2.05, 4.69) is 4.98 Å². The van der Waals surface area contributed by atoms with E-state index in [1.807, 2.05) is 63.2 Å². The van der Waals surface area contributed by atoms with E-state index in [9.17, 15) is 14.4 Å². The summed E-state index contributed by atoms with van der Waals surface area (Å²) in [6, 6.07) is 18.8. The van der Waals surface area contributed by atoms with Crippen molar-refractivity contribution in [3.8, 4) is 0 Å². The maximum absolute atomic E-state index is 14.5. The average molecular weight is 532 g/mol. The number of hydrogen-bond acceptors (Lipinski definition) is 6. The molecule has 1 aliphatic rings. The number of carbonyl (C=O) groups excluding carboxylic acids is 3. The van der Waals surface area contributed by atoms with E-state index in [-0.39, 0.29) is 12.5 Å². The Morgan fingerprint density at radius 2 is 1.54 bits per heavy atom. The molecule has 1 fully saturated rings. The third-order valence-corrected chi connectivity index (χ3v) is 6.46. The Morgan fingerprint density at radius 3 is 2.21 bits per heavy atom. The predicted octanol–water partition coefficient (Wildman–Crippen LogP) is 6.54. The number of ether oxygens (including phenoxy) is 2. The Kier molecular flexibility index (Phi) is 7.95. The Bertz CT molecular complexity index is 1340. The molecule has 0 spiro atoms. The van der Waals surface area contributed by atoms with E-state index in [0.717, 1.165) is 15.8 Å². The number of benzene rings is 2. The molecule has 1 aromatic heterocycles. The van der Waals surface area contributed by atoms with E-state index >= 15 is 0 Å². The van der Waals surface area contributed by atoms with Crippen LogP contribution in [0.2, 0.25) is 0 Å². The molecular formula is C31H37N3O5. The molecule has 2 heterocycles. The number of piperidine rings is 1. The molecule has 3 amide bonds. The minimum Gasteiger partial charge on any atom is -0.444 e. The van der Waals surface area contributed by atoms with Gasteiger partial charge in [-0.25, -0.2) is 14.5 Å². The summed E-state index contributed by atoms with van der Waals surface area (Å²) in [6.45, 7) is 11.2. The summed E-state index contributed by atoms with van der Waals surface area (Å²) >= 11 is 0. The molecule has 0 aliphatic carbocycles. The highest BCUT2D eigenvalue weighted by molar-refractivity contribution is 6.17. The van der Waals surface area contributed by atoms with Gasteiger partial charge in [-0.05, 0) is 71.6 Å². The quantitative estimate of drug-likeness (QED) is 0.381. The summed E-state index contributed by atoms with van der Waals surface area (Å²) in [5.41, 5.74) is 0.315. The van der Waals surface area contributed by atoms with E-state index in [0.29, 0.717) is 24.2 Å².